The Morgan fingerprint density at radius 2 is 2.32 bits per heavy atom. The highest BCUT2D eigenvalue weighted by molar-refractivity contribution is 5.68. The lowest BCUT2D eigenvalue weighted by molar-refractivity contribution is -0.141. The number of benzene rings is 1. The van der Waals surface area contributed by atoms with Gasteiger partial charge in [-0.1, -0.05) is 6.07 Å². The average Bonchev–Trinajstić information content (AvgIpc) is 2.69. The topological polar surface area (TPSA) is 81.8 Å². The molecular formula is C14H19NO4. The molecule has 1 aliphatic rings. The van der Waals surface area contributed by atoms with Crippen molar-refractivity contribution in [2.75, 3.05) is 13.7 Å². The van der Waals surface area contributed by atoms with Crippen LogP contribution in [0.25, 0.3) is 0 Å². The number of carbonyl (C=O) groups is 1. The summed E-state index contributed by atoms with van der Waals surface area (Å²) < 4.78 is 10.3. The number of hydrogen-bond acceptors (Lipinski definition) is 5. The van der Waals surface area contributed by atoms with Gasteiger partial charge in [0, 0.05) is 19.1 Å². The van der Waals surface area contributed by atoms with E-state index in [1.54, 1.807) is 12.1 Å². The van der Waals surface area contributed by atoms with Crippen LogP contribution in [0.4, 0.5) is 0 Å². The third-order valence-electron chi connectivity index (χ3n) is 3.33. The number of aromatic hydroxyl groups is 1. The normalized spacial score (nSPS) is 21.2. The van der Waals surface area contributed by atoms with E-state index in [-0.39, 0.29) is 23.9 Å². The molecule has 2 atom stereocenters. The molecule has 0 aromatic heterocycles. The predicted molar refractivity (Wildman–Crippen MR) is 69.7 cm³/mol. The molecule has 0 spiro atoms. The zero-order valence-corrected chi connectivity index (χ0v) is 11.0. The van der Waals surface area contributed by atoms with Crippen LogP contribution in [-0.4, -0.2) is 30.8 Å². The molecule has 0 heterocycles. The molecule has 0 saturated heterocycles. The fourth-order valence-corrected chi connectivity index (χ4v) is 2.38. The van der Waals surface area contributed by atoms with E-state index in [4.69, 9.17) is 10.5 Å². The predicted octanol–water partition coefficient (Wildman–Crippen LogP) is 1.29. The lowest BCUT2D eigenvalue weighted by Gasteiger charge is -2.17. The summed E-state index contributed by atoms with van der Waals surface area (Å²) in [4.78, 5) is 11.0. The van der Waals surface area contributed by atoms with Crippen LogP contribution in [-0.2, 0) is 20.7 Å². The number of phenolic OH excluding ortho intramolecular Hbond substituents is 1. The summed E-state index contributed by atoms with van der Waals surface area (Å²) in [5.41, 5.74) is 8.11. The van der Waals surface area contributed by atoms with Gasteiger partial charge < -0.3 is 20.3 Å². The van der Waals surface area contributed by atoms with E-state index in [0.717, 1.165) is 11.1 Å². The van der Waals surface area contributed by atoms with E-state index in [9.17, 15) is 9.90 Å². The van der Waals surface area contributed by atoms with Crippen molar-refractivity contribution in [1.29, 1.82) is 0 Å². The Kier molecular flexibility index (Phi) is 4.39. The maximum Gasteiger partial charge on any atom is 0.305 e. The molecular weight excluding hydrogens is 246 g/mol. The molecule has 2 unspecified atom stereocenters. The molecule has 104 valence electrons. The highest BCUT2D eigenvalue weighted by Gasteiger charge is 2.30. The van der Waals surface area contributed by atoms with Gasteiger partial charge in [-0.25, -0.2) is 0 Å². The summed E-state index contributed by atoms with van der Waals surface area (Å²) in [6, 6.07) is 5.12. The molecule has 1 aromatic carbocycles. The summed E-state index contributed by atoms with van der Waals surface area (Å²) in [7, 11) is 1.37. The van der Waals surface area contributed by atoms with Gasteiger partial charge in [0.05, 0.1) is 13.2 Å². The molecule has 0 radical (unpaired) electrons. The number of nitrogens with two attached hydrogens (primary N) is 1. The summed E-state index contributed by atoms with van der Waals surface area (Å²) in [6.07, 6.45) is 1.50. The van der Waals surface area contributed by atoms with Crippen molar-refractivity contribution >= 4 is 5.97 Å². The minimum absolute atomic E-state index is 0.102. The molecule has 0 saturated carbocycles. The molecule has 0 aliphatic heterocycles. The van der Waals surface area contributed by atoms with Crippen LogP contribution in [0, 0.1) is 0 Å². The van der Waals surface area contributed by atoms with Crippen LogP contribution in [0.5, 0.6) is 5.75 Å². The van der Waals surface area contributed by atoms with Gasteiger partial charge in [0.15, 0.2) is 0 Å². The van der Waals surface area contributed by atoms with Crippen LogP contribution in [0.2, 0.25) is 0 Å². The van der Waals surface area contributed by atoms with Crippen molar-refractivity contribution < 1.29 is 19.4 Å². The number of rotatable bonds is 5. The Bertz CT molecular complexity index is 461. The monoisotopic (exact) mass is 265 g/mol. The van der Waals surface area contributed by atoms with E-state index in [2.05, 4.69) is 4.74 Å². The molecule has 5 heteroatoms. The van der Waals surface area contributed by atoms with E-state index in [1.807, 2.05) is 6.07 Å². The molecule has 3 N–H and O–H groups in total. The number of ether oxygens (including phenoxy) is 2. The Labute approximate surface area is 112 Å². The number of phenols is 1. The second-order valence-electron chi connectivity index (χ2n) is 4.72. The van der Waals surface area contributed by atoms with Gasteiger partial charge in [0.25, 0.3) is 0 Å². The molecule has 0 fully saturated rings. The first kappa shape index (κ1) is 13.8. The maximum absolute atomic E-state index is 11.0. The Morgan fingerprint density at radius 1 is 1.53 bits per heavy atom. The number of fused-ring (bicyclic) bond motifs is 1. The van der Waals surface area contributed by atoms with Crippen molar-refractivity contribution in [2.45, 2.75) is 31.4 Å². The van der Waals surface area contributed by atoms with Crippen LogP contribution < -0.4 is 5.73 Å². The third kappa shape index (κ3) is 3.24. The lowest BCUT2D eigenvalue weighted by Crippen LogP contribution is -2.27. The second kappa shape index (κ2) is 6.04. The van der Waals surface area contributed by atoms with Gasteiger partial charge in [-0.05, 0) is 36.1 Å². The fourth-order valence-electron chi connectivity index (χ4n) is 2.38. The van der Waals surface area contributed by atoms with Crippen molar-refractivity contribution in [1.82, 2.24) is 0 Å². The summed E-state index contributed by atoms with van der Waals surface area (Å²) in [5.74, 6) is 0.0157. The Morgan fingerprint density at radius 3 is 3.05 bits per heavy atom. The minimum atomic E-state index is -0.232. The molecule has 2 rings (SSSR count). The molecule has 0 amide bonds. The van der Waals surface area contributed by atoms with Gasteiger partial charge in [0.2, 0.25) is 0 Å². The van der Waals surface area contributed by atoms with Gasteiger partial charge in [-0.2, -0.15) is 0 Å². The van der Waals surface area contributed by atoms with E-state index >= 15 is 0 Å². The highest BCUT2D eigenvalue weighted by Crippen LogP contribution is 2.35. The highest BCUT2D eigenvalue weighted by atomic mass is 16.5. The second-order valence-corrected chi connectivity index (χ2v) is 4.72. The van der Waals surface area contributed by atoms with Gasteiger partial charge >= 0.3 is 5.97 Å². The molecule has 1 aliphatic carbocycles. The van der Waals surface area contributed by atoms with Crippen LogP contribution in [0.15, 0.2) is 18.2 Å². The Hall–Kier alpha value is -1.59. The zero-order valence-electron chi connectivity index (χ0n) is 11.0. The molecule has 19 heavy (non-hydrogen) atoms. The van der Waals surface area contributed by atoms with Gasteiger partial charge in [0.1, 0.15) is 5.75 Å². The van der Waals surface area contributed by atoms with Crippen LogP contribution in [0.3, 0.4) is 0 Å². The molecule has 1 aromatic rings. The SMILES string of the molecule is COC(=O)CCCOC1c2ccc(O)cc2CC1N. The first-order valence-electron chi connectivity index (χ1n) is 6.37. The van der Waals surface area contributed by atoms with Gasteiger partial charge in [-0.15, -0.1) is 0 Å². The van der Waals surface area contributed by atoms with Crippen LogP contribution >= 0.6 is 0 Å². The quantitative estimate of drug-likeness (QED) is 0.619. The smallest absolute Gasteiger partial charge is 0.305 e. The third-order valence-corrected chi connectivity index (χ3v) is 3.33. The largest absolute Gasteiger partial charge is 0.508 e. The van der Waals surface area contributed by atoms with Crippen molar-refractivity contribution in [3.63, 3.8) is 0 Å². The maximum atomic E-state index is 11.0. The number of esters is 1. The Balaban J connectivity index is 1.89. The molecule has 5 nitrogen and oxygen atoms in total. The number of carbonyl (C=O) groups excluding carboxylic acids is 1. The first-order valence-corrected chi connectivity index (χ1v) is 6.37. The summed E-state index contributed by atoms with van der Waals surface area (Å²) in [6.45, 7) is 0.466. The van der Waals surface area contributed by atoms with E-state index < -0.39 is 0 Å². The van der Waals surface area contributed by atoms with Crippen molar-refractivity contribution in [2.24, 2.45) is 5.73 Å². The zero-order chi connectivity index (χ0) is 13.8. The summed E-state index contributed by atoms with van der Waals surface area (Å²) in [5, 5.41) is 9.44. The standard InChI is InChI=1S/C14H19NO4/c1-18-13(17)3-2-6-19-14-11-5-4-10(16)7-9(11)8-12(14)15/h4-5,7,12,14,16H,2-3,6,8,15H2,1H3. The lowest BCUT2D eigenvalue weighted by atomic mass is 10.1. The van der Waals surface area contributed by atoms with E-state index in [1.165, 1.54) is 7.11 Å². The van der Waals surface area contributed by atoms with Crippen LogP contribution in [0.1, 0.15) is 30.1 Å². The first-order chi connectivity index (χ1) is 9.11. The average molecular weight is 265 g/mol. The summed E-state index contributed by atoms with van der Waals surface area (Å²) >= 11 is 0. The number of methoxy groups -OCH3 is 1. The fraction of sp³-hybridized carbons (Fsp3) is 0.500. The molecule has 0 bridgehead atoms. The van der Waals surface area contributed by atoms with Crippen molar-refractivity contribution in [3.8, 4) is 5.75 Å². The van der Waals surface area contributed by atoms with E-state index in [0.29, 0.717) is 25.9 Å². The minimum Gasteiger partial charge on any atom is -0.508 e. The van der Waals surface area contributed by atoms with Gasteiger partial charge in [-0.3, -0.25) is 4.79 Å². The number of hydrogen-bond donors (Lipinski definition) is 2. The van der Waals surface area contributed by atoms with Crippen molar-refractivity contribution in [3.05, 3.63) is 29.3 Å².